The summed E-state index contributed by atoms with van der Waals surface area (Å²) < 4.78 is 5.85. The maximum Gasteiger partial charge on any atom is 0.0702 e. The molecule has 1 N–H and O–H groups in total. The van der Waals surface area contributed by atoms with Gasteiger partial charge in [-0.3, -0.25) is 0 Å². The van der Waals surface area contributed by atoms with Crippen LogP contribution < -0.4 is 5.32 Å². The lowest BCUT2D eigenvalue weighted by atomic mass is 9.91. The monoisotopic (exact) mass is 240 g/mol. The molecule has 100 valence electrons. The van der Waals surface area contributed by atoms with Crippen LogP contribution in [0.3, 0.4) is 0 Å². The average molecular weight is 240 g/mol. The highest BCUT2D eigenvalue weighted by atomic mass is 16.5. The fourth-order valence-electron chi connectivity index (χ4n) is 3.14. The van der Waals surface area contributed by atoms with Crippen LogP contribution in [0.15, 0.2) is 0 Å². The Balaban J connectivity index is 1.76. The maximum absolute atomic E-state index is 5.85. The number of hydrogen-bond donors (Lipinski definition) is 1. The number of piperidine rings is 1. The van der Waals surface area contributed by atoms with E-state index in [0.717, 1.165) is 19.1 Å². The molecule has 0 spiro atoms. The molecule has 0 amide bonds. The summed E-state index contributed by atoms with van der Waals surface area (Å²) in [5.74, 6) is 0.817. The fraction of sp³-hybridized carbons (Fsp3) is 1.00. The van der Waals surface area contributed by atoms with Crippen LogP contribution >= 0.6 is 0 Å². The van der Waals surface area contributed by atoms with E-state index in [1.54, 1.807) is 0 Å². The second-order valence-electron chi connectivity index (χ2n) is 5.73. The highest BCUT2D eigenvalue weighted by Crippen LogP contribution is 2.21. The Labute approximate surface area is 106 Å². The van der Waals surface area contributed by atoms with Gasteiger partial charge in [0.1, 0.15) is 0 Å². The summed E-state index contributed by atoms with van der Waals surface area (Å²) in [5.41, 5.74) is 0. The number of rotatable bonds is 4. The van der Waals surface area contributed by atoms with Crippen molar-refractivity contribution in [2.45, 2.75) is 51.2 Å². The third-order valence-electron chi connectivity index (χ3n) is 4.44. The standard InChI is InChI=1S/C14H28N2O/c1-12(15-2)13-6-5-8-16(10-13)11-14-7-3-4-9-17-14/h12-15H,3-11H2,1-2H3. The Morgan fingerprint density at radius 2 is 2.18 bits per heavy atom. The van der Waals surface area contributed by atoms with Crippen LogP contribution in [0.4, 0.5) is 0 Å². The number of ether oxygens (including phenoxy) is 1. The molecule has 0 aromatic carbocycles. The number of nitrogens with zero attached hydrogens (tertiary/aromatic N) is 1. The van der Waals surface area contributed by atoms with Gasteiger partial charge >= 0.3 is 0 Å². The molecule has 0 aromatic heterocycles. The van der Waals surface area contributed by atoms with Crippen molar-refractivity contribution in [3.8, 4) is 0 Å². The molecule has 0 saturated carbocycles. The Morgan fingerprint density at radius 1 is 1.29 bits per heavy atom. The number of likely N-dealkylation sites (tertiary alicyclic amines) is 1. The molecule has 0 bridgehead atoms. The van der Waals surface area contributed by atoms with E-state index in [1.165, 1.54) is 45.2 Å². The first kappa shape index (κ1) is 13.3. The zero-order valence-corrected chi connectivity index (χ0v) is 11.5. The Hall–Kier alpha value is -0.120. The highest BCUT2D eigenvalue weighted by Gasteiger charge is 2.26. The normalized spacial score (nSPS) is 33.5. The molecule has 2 aliphatic heterocycles. The molecule has 2 aliphatic rings. The van der Waals surface area contributed by atoms with Crippen molar-refractivity contribution in [1.82, 2.24) is 10.2 Å². The van der Waals surface area contributed by atoms with Gasteiger partial charge in [0.2, 0.25) is 0 Å². The molecule has 17 heavy (non-hydrogen) atoms. The Bertz CT molecular complexity index is 214. The van der Waals surface area contributed by atoms with Crippen molar-refractivity contribution < 1.29 is 4.74 Å². The summed E-state index contributed by atoms with van der Waals surface area (Å²) in [6.07, 6.45) is 7.12. The molecule has 0 aliphatic carbocycles. The van der Waals surface area contributed by atoms with Crippen LogP contribution in [-0.2, 0) is 4.74 Å². The predicted octanol–water partition coefficient (Wildman–Crippen LogP) is 1.88. The molecular formula is C14H28N2O. The molecule has 2 saturated heterocycles. The SMILES string of the molecule is CNC(C)C1CCCN(CC2CCCCO2)C1. The van der Waals surface area contributed by atoms with Gasteiger partial charge in [-0.25, -0.2) is 0 Å². The van der Waals surface area contributed by atoms with E-state index in [-0.39, 0.29) is 0 Å². The van der Waals surface area contributed by atoms with Crippen LogP contribution in [-0.4, -0.2) is 50.3 Å². The zero-order chi connectivity index (χ0) is 12.1. The highest BCUT2D eigenvalue weighted by molar-refractivity contribution is 4.81. The van der Waals surface area contributed by atoms with Crippen molar-refractivity contribution >= 4 is 0 Å². The van der Waals surface area contributed by atoms with E-state index in [1.807, 2.05) is 0 Å². The predicted molar refractivity (Wildman–Crippen MR) is 71.3 cm³/mol. The largest absolute Gasteiger partial charge is 0.377 e. The van der Waals surface area contributed by atoms with Gasteiger partial charge in [-0.05, 0) is 58.5 Å². The summed E-state index contributed by atoms with van der Waals surface area (Å²) in [4.78, 5) is 2.62. The van der Waals surface area contributed by atoms with Crippen LogP contribution in [0.2, 0.25) is 0 Å². The summed E-state index contributed by atoms with van der Waals surface area (Å²) in [7, 11) is 2.08. The molecule has 3 nitrogen and oxygen atoms in total. The Morgan fingerprint density at radius 3 is 2.88 bits per heavy atom. The van der Waals surface area contributed by atoms with Crippen LogP contribution in [0.1, 0.15) is 39.0 Å². The van der Waals surface area contributed by atoms with E-state index in [9.17, 15) is 0 Å². The summed E-state index contributed by atoms with van der Waals surface area (Å²) in [6.45, 7) is 6.97. The van der Waals surface area contributed by atoms with E-state index >= 15 is 0 Å². The minimum absolute atomic E-state index is 0.507. The lowest BCUT2D eigenvalue weighted by Crippen LogP contribution is -2.46. The smallest absolute Gasteiger partial charge is 0.0702 e. The second kappa shape index (κ2) is 6.72. The van der Waals surface area contributed by atoms with Gasteiger partial charge in [0.05, 0.1) is 6.10 Å². The Kier molecular flexibility index (Phi) is 5.26. The third kappa shape index (κ3) is 3.94. The van der Waals surface area contributed by atoms with Crippen molar-refractivity contribution in [2.24, 2.45) is 5.92 Å². The fourth-order valence-corrected chi connectivity index (χ4v) is 3.14. The molecule has 3 heteroatoms. The summed E-state index contributed by atoms with van der Waals surface area (Å²) in [6, 6.07) is 0.644. The van der Waals surface area contributed by atoms with Gasteiger partial charge in [0.25, 0.3) is 0 Å². The molecule has 2 rings (SSSR count). The van der Waals surface area contributed by atoms with Crippen LogP contribution in [0.25, 0.3) is 0 Å². The van der Waals surface area contributed by atoms with E-state index in [4.69, 9.17) is 4.74 Å². The van der Waals surface area contributed by atoms with E-state index in [2.05, 4.69) is 24.2 Å². The maximum atomic E-state index is 5.85. The average Bonchev–Trinajstić information content (AvgIpc) is 2.39. The number of hydrogen-bond acceptors (Lipinski definition) is 3. The zero-order valence-electron chi connectivity index (χ0n) is 11.5. The van der Waals surface area contributed by atoms with Gasteiger partial charge in [0.15, 0.2) is 0 Å². The first-order valence-electron chi connectivity index (χ1n) is 7.31. The van der Waals surface area contributed by atoms with Crippen molar-refractivity contribution in [3.05, 3.63) is 0 Å². The summed E-state index contributed by atoms with van der Waals surface area (Å²) in [5, 5.41) is 3.40. The summed E-state index contributed by atoms with van der Waals surface area (Å²) >= 11 is 0. The van der Waals surface area contributed by atoms with Crippen LogP contribution in [0.5, 0.6) is 0 Å². The number of nitrogens with one attached hydrogen (secondary N) is 1. The molecule has 2 heterocycles. The van der Waals surface area contributed by atoms with Crippen molar-refractivity contribution in [2.75, 3.05) is 33.3 Å². The first-order chi connectivity index (χ1) is 8.29. The molecule has 0 aromatic rings. The molecular weight excluding hydrogens is 212 g/mol. The van der Waals surface area contributed by atoms with Gasteiger partial charge in [-0.1, -0.05) is 0 Å². The van der Waals surface area contributed by atoms with E-state index < -0.39 is 0 Å². The second-order valence-corrected chi connectivity index (χ2v) is 5.73. The first-order valence-corrected chi connectivity index (χ1v) is 7.31. The molecule has 0 radical (unpaired) electrons. The van der Waals surface area contributed by atoms with E-state index in [0.29, 0.717) is 12.1 Å². The minimum Gasteiger partial charge on any atom is -0.377 e. The molecule has 3 unspecified atom stereocenters. The molecule has 2 fully saturated rings. The minimum atomic E-state index is 0.507. The lowest BCUT2D eigenvalue weighted by Gasteiger charge is -2.38. The van der Waals surface area contributed by atoms with Crippen LogP contribution in [0, 0.1) is 5.92 Å². The van der Waals surface area contributed by atoms with Gasteiger partial charge in [-0.2, -0.15) is 0 Å². The van der Waals surface area contributed by atoms with Gasteiger partial charge in [-0.15, -0.1) is 0 Å². The van der Waals surface area contributed by atoms with Gasteiger partial charge in [0, 0.05) is 25.7 Å². The van der Waals surface area contributed by atoms with Gasteiger partial charge < -0.3 is 15.0 Å². The van der Waals surface area contributed by atoms with Crippen molar-refractivity contribution in [3.63, 3.8) is 0 Å². The third-order valence-corrected chi connectivity index (χ3v) is 4.44. The molecule has 3 atom stereocenters. The topological polar surface area (TPSA) is 24.5 Å². The van der Waals surface area contributed by atoms with Crippen molar-refractivity contribution in [1.29, 1.82) is 0 Å². The quantitative estimate of drug-likeness (QED) is 0.812. The lowest BCUT2D eigenvalue weighted by molar-refractivity contribution is -0.0140.